The molecule has 0 aromatic carbocycles. The van der Waals surface area contributed by atoms with E-state index in [0.29, 0.717) is 0 Å². The number of aromatic nitrogens is 1. The van der Waals surface area contributed by atoms with Crippen molar-refractivity contribution in [1.29, 1.82) is 0 Å². The monoisotopic (exact) mass is 277 g/mol. The summed E-state index contributed by atoms with van der Waals surface area (Å²) in [5, 5.41) is 3.18. The van der Waals surface area contributed by atoms with Crippen LogP contribution in [0.5, 0.6) is 0 Å². The van der Waals surface area contributed by atoms with Crippen LogP contribution in [0.2, 0.25) is 0 Å². The maximum Gasteiger partial charge on any atom is 0.249 e. The molecule has 1 unspecified atom stereocenters. The van der Waals surface area contributed by atoms with Gasteiger partial charge in [-0.3, -0.25) is 4.79 Å². The number of carbonyl (C=O) groups is 1. The predicted molar refractivity (Wildman–Crippen MR) is 76.5 cm³/mol. The normalized spacial score (nSPS) is 24.1. The van der Waals surface area contributed by atoms with Gasteiger partial charge in [-0.25, -0.2) is 0 Å². The zero-order chi connectivity index (χ0) is 14.3. The summed E-state index contributed by atoms with van der Waals surface area (Å²) in [6.07, 6.45) is 0. The van der Waals surface area contributed by atoms with E-state index in [-0.39, 0.29) is 24.2 Å². The van der Waals surface area contributed by atoms with Crippen LogP contribution in [0.3, 0.4) is 0 Å². The summed E-state index contributed by atoms with van der Waals surface area (Å²) < 4.78 is 8.06. The Bertz CT molecular complexity index is 519. The molecule has 110 valence electrons. The number of amides is 1. The molecule has 3 rings (SSSR count). The molecule has 0 saturated carbocycles. The number of rotatable bonds is 3. The van der Waals surface area contributed by atoms with Gasteiger partial charge in [-0.05, 0) is 32.9 Å². The third-order valence-electron chi connectivity index (χ3n) is 4.56. The fourth-order valence-electron chi connectivity index (χ4n) is 3.06. The Labute approximate surface area is 119 Å². The average Bonchev–Trinajstić information content (AvgIpc) is 2.77. The van der Waals surface area contributed by atoms with E-state index in [1.54, 1.807) is 0 Å². The van der Waals surface area contributed by atoms with Gasteiger partial charge in [0.1, 0.15) is 6.61 Å². The van der Waals surface area contributed by atoms with Gasteiger partial charge in [-0.15, -0.1) is 0 Å². The molecule has 1 aromatic heterocycles. The van der Waals surface area contributed by atoms with Crippen LogP contribution in [0, 0.1) is 6.92 Å². The highest BCUT2D eigenvalue weighted by molar-refractivity contribution is 5.78. The van der Waals surface area contributed by atoms with Crippen LogP contribution in [0.15, 0.2) is 12.1 Å². The van der Waals surface area contributed by atoms with Crippen molar-refractivity contribution >= 4 is 5.91 Å². The number of hydrogen-bond acceptors (Lipinski definition) is 3. The zero-order valence-corrected chi connectivity index (χ0v) is 12.5. The lowest BCUT2D eigenvalue weighted by molar-refractivity contribution is -0.149. The van der Waals surface area contributed by atoms with Crippen molar-refractivity contribution in [3.8, 4) is 0 Å². The molecule has 2 aliphatic heterocycles. The summed E-state index contributed by atoms with van der Waals surface area (Å²) in [5.41, 5.74) is 2.33. The molecule has 1 atom stereocenters. The van der Waals surface area contributed by atoms with Gasteiger partial charge >= 0.3 is 0 Å². The van der Waals surface area contributed by atoms with Gasteiger partial charge in [-0.1, -0.05) is 0 Å². The van der Waals surface area contributed by atoms with E-state index in [9.17, 15) is 4.79 Å². The van der Waals surface area contributed by atoms with Crippen LogP contribution < -0.4 is 5.32 Å². The maximum atomic E-state index is 12.4. The van der Waals surface area contributed by atoms with Crippen LogP contribution in [0.1, 0.15) is 31.3 Å². The van der Waals surface area contributed by atoms with Gasteiger partial charge in [0.15, 0.2) is 0 Å². The zero-order valence-electron chi connectivity index (χ0n) is 12.5. The minimum absolute atomic E-state index is 0.0933. The van der Waals surface area contributed by atoms with Gasteiger partial charge in [0, 0.05) is 37.6 Å². The Morgan fingerprint density at radius 1 is 1.45 bits per heavy atom. The van der Waals surface area contributed by atoms with Crippen LogP contribution in [0.4, 0.5) is 0 Å². The van der Waals surface area contributed by atoms with Crippen molar-refractivity contribution in [1.82, 2.24) is 14.8 Å². The first-order chi connectivity index (χ1) is 9.50. The number of nitrogens with one attached hydrogen (secondary N) is 1. The van der Waals surface area contributed by atoms with Crippen molar-refractivity contribution < 1.29 is 9.53 Å². The molecule has 20 heavy (non-hydrogen) atoms. The minimum atomic E-state index is -0.161. The summed E-state index contributed by atoms with van der Waals surface area (Å²) in [4.78, 5) is 14.3. The first-order valence-corrected chi connectivity index (χ1v) is 7.30. The molecular weight excluding hydrogens is 254 g/mol. The molecular formula is C15H23N3O2. The van der Waals surface area contributed by atoms with E-state index in [0.717, 1.165) is 26.2 Å². The number of hydrogen-bond donors (Lipinski definition) is 1. The second-order valence-corrected chi connectivity index (χ2v) is 6.16. The van der Waals surface area contributed by atoms with Gasteiger partial charge in [0.05, 0.1) is 11.6 Å². The molecule has 0 bridgehead atoms. The lowest BCUT2D eigenvalue weighted by atomic mass is 10.0. The van der Waals surface area contributed by atoms with E-state index in [2.05, 4.69) is 35.9 Å². The van der Waals surface area contributed by atoms with Crippen LogP contribution in [-0.4, -0.2) is 47.2 Å². The third-order valence-corrected chi connectivity index (χ3v) is 4.56. The second-order valence-electron chi connectivity index (χ2n) is 6.16. The SMILES string of the molecule is Cc1ccc2n1CCN(C(=O)COC1(C)CNC1)C2C. The molecule has 1 fully saturated rings. The molecule has 1 N–H and O–H groups in total. The minimum Gasteiger partial charge on any atom is -0.363 e. The summed E-state index contributed by atoms with van der Waals surface area (Å²) >= 11 is 0. The fraction of sp³-hybridized carbons (Fsp3) is 0.667. The highest BCUT2D eigenvalue weighted by Gasteiger charge is 2.35. The standard InChI is InChI=1S/C15H23N3O2/c1-11-4-5-13-12(2)18(7-6-17(11)13)14(19)8-20-15(3)9-16-10-15/h4-5,12,16H,6-10H2,1-3H3. The van der Waals surface area contributed by atoms with Gasteiger partial charge in [-0.2, -0.15) is 0 Å². The van der Waals surface area contributed by atoms with Crippen molar-refractivity contribution in [2.75, 3.05) is 26.2 Å². The number of fused-ring (bicyclic) bond motifs is 1. The summed E-state index contributed by atoms with van der Waals surface area (Å²) in [6, 6.07) is 4.37. The van der Waals surface area contributed by atoms with Crippen molar-refractivity contribution in [2.45, 2.75) is 39.0 Å². The number of ether oxygens (including phenoxy) is 1. The largest absolute Gasteiger partial charge is 0.363 e. The summed E-state index contributed by atoms with van der Waals surface area (Å²) in [7, 11) is 0. The van der Waals surface area contributed by atoms with Crippen LogP contribution in [-0.2, 0) is 16.1 Å². The van der Waals surface area contributed by atoms with Crippen molar-refractivity contribution in [3.05, 3.63) is 23.5 Å². The highest BCUT2D eigenvalue weighted by Crippen LogP contribution is 2.27. The number of nitrogens with zero attached hydrogens (tertiary/aromatic N) is 2. The Morgan fingerprint density at radius 3 is 2.85 bits per heavy atom. The van der Waals surface area contributed by atoms with E-state index < -0.39 is 0 Å². The fourth-order valence-corrected chi connectivity index (χ4v) is 3.06. The lowest BCUT2D eigenvalue weighted by Gasteiger charge is -2.40. The van der Waals surface area contributed by atoms with Crippen LogP contribution in [0.25, 0.3) is 0 Å². The predicted octanol–water partition coefficient (Wildman–Crippen LogP) is 1.08. The lowest BCUT2D eigenvalue weighted by Crippen LogP contribution is -2.60. The van der Waals surface area contributed by atoms with Crippen molar-refractivity contribution in [2.24, 2.45) is 0 Å². The number of carbonyl (C=O) groups excluding carboxylic acids is 1. The Balaban J connectivity index is 1.64. The second kappa shape index (κ2) is 4.90. The quantitative estimate of drug-likeness (QED) is 0.899. The van der Waals surface area contributed by atoms with E-state index in [4.69, 9.17) is 4.74 Å². The number of aryl methyl sites for hydroxylation is 1. The van der Waals surface area contributed by atoms with Gasteiger partial charge in [0.2, 0.25) is 5.91 Å². The van der Waals surface area contributed by atoms with Crippen molar-refractivity contribution in [3.63, 3.8) is 0 Å². The average molecular weight is 277 g/mol. The summed E-state index contributed by atoms with van der Waals surface area (Å²) in [5.74, 6) is 0.0933. The maximum absolute atomic E-state index is 12.4. The molecule has 1 aromatic rings. The first kappa shape index (κ1) is 13.6. The van der Waals surface area contributed by atoms with Gasteiger partial charge < -0.3 is 19.5 Å². The van der Waals surface area contributed by atoms with E-state index in [1.165, 1.54) is 11.4 Å². The third kappa shape index (κ3) is 2.25. The molecule has 1 saturated heterocycles. The Hall–Kier alpha value is -1.33. The molecule has 1 amide bonds. The molecule has 5 heteroatoms. The van der Waals surface area contributed by atoms with Gasteiger partial charge in [0.25, 0.3) is 0 Å². The Kier molecular flexibility index (Phi) is 3.34. The van der Waals surface area contributed by atoms with Crippen LogP contribution >= 0.6 is 0 Å². The molecule has 5 nitrogen and oxygen atoms in total. The smallest absolute Gasteiger partial charge is 0.249 e. The first-order valence-electron chi connectivity index (χ1n) is 7.30. The molecule has 3 heterocycles. The summed E-state index contributed by atoms with van der Waals surface area (Å²) in [6.45, 7) is 9.74. The Morgan fingerprint density at radius 2 is 2.20 bits per heavy atom. The van der Waals surface area contributed by atoms with E-state index in [1.807, 2.05) is 11.8 Å². The molecule has 2 aliphatic rings. The molecule has 0 aliphatic carbocycles. The highest BCUT2D eigenvalue weighted by atomic mass is 16.5. The topological polar surface area (TPSA) is 46.5 Å². The molecule has 0 spiro atoms. The van der Waals surface area contributed by atoms with E-state index >= 15 is 0 Å². The molecule has 0 radical (unpaired) electrons.